The van der Waals surface area contributed by atoms with E-state index in [1.54, 1.807) is 42.5 Å². The van der Waals surface area contributed by atoms with E-state index >= 15 is 0 Å². The molecule has 1 unspecified atom stereocenters. The molecule has 3 aromatic carbocycles. The number of amides is 1. The van der Waals surface area contributed by atoms with Gasteiger partial charge in [-0.15, -0.1) is 0 Å². The topological polar surface area (TPSA) is 118 Å². The number of carbonyl (C=O) groups is 2. The van der Waals surface area contributed by atoms with Gasteiger partial charge < -0.3 is 5.11 Å². The lowest BCUT2D eigenvalue weighted by Crippen LogP contribution is -2.29. The molecule has 1 aliphatic rings. The number of hydrogen-bond donors (Lipinski definition) is 2. The van der Waals surface area contributed by atoms with Gasteiger partial charge in [-0.3, -0.25) is 14.5 Å². The van der Waals surface area contributed by atoms with Gasteiger partial charge in [-0.25, -0.2) is 13.6 Å². The van der Waals surface area contributed by atoms with Gasteiger partial charge in [0, 0.05) is 11.3 Å². The summed E-state index contributed by atoms with van der Waals surface area (Å²) in [7, 11) is -3.92. The van der Waals surface area contributed by atoms with Crippen LogP contribution in [0, 0.1) is 13.8 Å². The second-order valence-corrected chi connectivity index (χ2v) is 9.48. The number of rotatable bonds is 4. The molecule has 1 amide bonds. The summed E-state index contributed by atoms with van der Waals surface area (Å²) in [5.74, 6) is -1.92. The molecule has 3 aromatic rings. The second kappa shape index (κ2) is 8.31. The molecule has 1 aliphatic heterocycles. The fraction of sp³-hybridized carbons (Fsp3) is 0.120. The van der Waals surface area contributed by atoms with Gasteiger partial charge in [-0.1, -0.05) is 42.5 Å². The van der Waals surface area contributed by atoms with Crippen molar-refractivity contribution in [3.63, 3.8) is 0 Å². The van der Waals surface area contributed by atoms with Crippen molar-refractivity contribution in [1.29, 1.82) is 0 Å². The van der Waals surface area contributed by atoms with E-state index in [0.29, 0.717) is 16.8 Å². The van der Waals surface area contributed by atoms with Crippen molar-refractivity contribution in [2.45, 2.75) is 24.8 Å². The highest BCUT2D eigenvalue weighted by atomic mass is 32.2. The molecule has 168 valence electrons. The van der Waals surface area contributed by atoms with Gasteiger partial charge in [-0.05, 0) is 60.9 Å². The highest BCUT2D eigenvalue weighted by Gasteiger charge is 2.46. The van der Waals surface area contributed by atoms with E-state index < -0.39 is 27.8 Å². The van der Waals surface area contributed by atoms with Crippen LogP contribution in [-0.4, -0.2) is 25.2 Å². The Bertz CT molecular complexity index is 1390. The van der Waals surface area contributed by atoms with Gasteiger partial charge in [-0.2, -0.15) is 0 Å². The number of hydrogen-bond acceptors (Lipinski definition) is 5. The predicted octanol–water partition coefficient (Wildman–Crippen LogP) is 3.58. The van der Waals surface area contributed by atoms with Crippen molar-refractivity contribution in [2.75, 3.05) is 4.90 Å². The van der Waals surface area contributed by atoms with Crippen LogP contribution in [0.15, 0.2) is 83.3 Å². The van der Waals surface area contributed by atoms with Crippen molar-refractivity contribution < 1.29 is 23.1 Å². The third-order valence-corrected chi connectivity index (χ3v) is 6.71. The first-order chi connectivity index (χ1) is 15.6. The Kier molecular flexibility index (Phi) is 5.65. The average molecular weight is 463 g/mol. The summed E-state index contributed by atoms with van der Waals surface area (Å²) in [6.45, 7) is 3.83. The van der Waals surface area contributed by atoms with Crippen LogP contribution in [0.5, 0.6) is 0 Å². The minimum atomic E-state index is -3.92. The molecular formula is C25H22N2O5S. The fourth-order valence-corrected chi connectivity index (χ4v) is 4.41. The molecule has 0 bridgehead atoms. The summed E-state index contributed by atoms with van der Waals surface area (Å²) >= 11 is 0. The average Bonchev–Trinajstić information content (AvgIpc) is 3.06. The minimum Gasteiger partial charge on any atom is -0.507 e. The van der Waals surface area contributed by atoms with E-state index in [9.17, 15) is 23.1 Å². The highest BCUT2D eigenvalue weighted by molar-refractivity contribution is 7.89. The molecule has 1 atom stereocenters. The van der Waals surface area contributed by atoms with Gasteiger partial charge in [0.1, 0.15) is 5.76 Å². The normalized spacial score (nSPS) is 18.0. The Morgan fingerprint density at radius 2 is 1.55 bits per heavy atom. The predicted molar refractivity (Wildman–Crippen MR) is 125 cm³/mol. The Hall–Kier alpha value is -3.75. The number of nitrogens with zero attached hydrogens (tertiary/aromatic N) is 1. The summed E-state index contributed by atoms with van der Waals surface area (Å²) < 4.78 is 23.2. The summed E-state index contributed by atoms with van der Waals surface area (Å²) in [5.41, 5.74) is 3.28. The minimum absolute atomic E-state index is 0.0371. The molecule has 33 heavy (non-hydrogen) atoms. The van der Waals surface area contributed by atoms with Crippen LogP contribution in [0.3, 0.4) is 0 Å². The number of nitrogens with two attached hydrogens (primary N) is 1. The quantitative estimate of drug-likeness (QED) is 0.349. The zero-order valence-corrected chi connectivity index (χ0v) is 18.8. The largest absolute Gasteiger partial charge is 0.507 e. The third kappa shape index (κ3) is 4.06. The summed E-state index contributed by atoms with van der Waals surface area (Å²) in [4.78, 5) is 27.4. The first kappa shape index (κ1) is 22.4. The Morgan fingerprint density at radius 3 is 2.12 bits per heavy atom. The molecule has 0 saturated carbocycles. The molecule has 7 nitrogen and oxygen atoms in total. The van der Waals surface area contributed by atoms with Crippen molar-refractivity contribution >= 4 is 33.2 Å². The van der Waals surface area contributed by atoms with Gasteiger partial charge in [0.25, 0.3) is 11.7 Å². The number of anilines is 1. The molecule has 1 saturated heterocycles. The first-order valence-corrected chi connectivity index (χ1v) is 11.7. The Labute approximate surface area is 191 Å². The number of Topliss-reactive ketones (excluding diaryl/α,β-unsaturated/α-hetero) is 1. The van der Waals surface area contributed by atoms with Crippen LogP contribution in [0.25, 0.3) is 5.76 Å². The summed E-state index contributed by atoms with van der Waals surface area (Å²) in [5, 5.41) is 16.3. The van der Waals surface area contributed by atoms with Crippen LogP contribution in [-0.2, 0) is 19.6 Å². The highest BCUT2D eigenvalue weighted by Crippen LogP contribution is 2.42. The van der Waals surface area contributed by atoms with E-state index in [-0.39, 0.29) is 16.2 Å². The van der Waals surface area contributed by atoms with Crippen molar-refractivity contribution in [3.8, 4) is 0 Å². The molecule has 0 aliphatic carbocycles. The lowest BCUT2D eigenvalue weighted by atomic mass is 9.94. The molecule has 3 N–H and O–H groups in total. The molecule has 0 spiro atoms. The number of sulfonamides is 1. The van der Waals surface area contributed by atoms with E-state index in [4.69, 9.17) is 5.14 Å². The van der Waals surface area contributed by atoms with E-state index in [1.165, 1.54) is 29.2 Å². The van der Waals surface area contributed by atoms with E-state index in [1.807, 2.05) is 19.9 Å². The Balaban J connectivity index is 1.92. The number of aliphatic hydroxyl groups is 1. The molecular weight excluding hydrogens is 440 g/mol. The lowest BCUT2D eigenvalue weighted by Gasteiger charge is -2.25. The number of aryl methyl sites for hydroxylation is 2. The molecule has 1 heterocycles. The molecule has 8 heteroatoms. The van der Waals surface area contributed by atoms with Gasteiger partial charge in [0.05, 0.1) is 16.5 Å². The smallest absolute Gasteiger partial charge is 0.300 e. The maximum absolute atomic E-state index is 13.1. The second-order valence-electron chi connectivity index (χ2n) is 7.92. The fourth-order valence-electron chi connectivity index (χ4n) is 3.89. The monoisotopic (exact) mass is 462 g/mol. The van der Waals surface area contributed by atoms with Gasteiger partial charge in [0.15, 0.2) is 0 Å². The van der Waals surface area contributed by atoms with Crippen molar-refractivity contribution in [2.24, 2.45) is 5.14 Å². The van der Waals surface area contributed by atoms with E-state index in [0.717, 1.165) is 11.1 Å². The first-order valence-electron chi connectivity index (χ1n) is 10.2. The molecule has 1 fully saturated rings. The van der Waals surface area contributed by atoms with Crippen molar-refractivity contribution in [3.05, 3.63) is 101 Å². The standard InChI is InChI=1S/C25H22N2O5S/c1-15-8-9-18(14-16(15)2)23(28)21-22(17-6-4-3-5-7-17)27(25(30)24(21)29)19-10-12-20(13-11-19)33(26,31)32/h3-14,22,28H,1-2H3,(H2,26,31,32)/b23-21+. The van der Waals surface area contributed by atoms with Crippen LogP contribution in [0.4, 0.5) is 5.69 Å². The zero-order valence-electron chi connectivity index (χ0n) is 18.0. The van der Waals surface area contributed by atoms with Gasteiger partial charge in [0.2, 0.25) is 10.0 Å². The maximum Gasteiger partial charge on any atom is 0.300 e. The molecule has 0 aromatic heterocycles. The summed E-state index contributed by atoms with van der Waals surface area (Å²) in [6, 6.07) is 18.7. The number of primary sulfonamides is 1. The third-order valence-electron chi connectivity index (χ3n) is 5.78. The molecule has 4 rings (SSSR count). The Morgan fingerprint density at radius 1 is 0.909 bits per heavy atom. The number of aliphatic hydroxyl groups excluding tert-OH is 1. The van der Waals surface area contributed by atoms with Crippen LogP contribution < -0.4 is 10.0 Å². The maximum atomic E-state index is 13.1. The SMILES string of the molecule is Cc1ccc(/C(O)=C2\C(=O)C(=O)N(c3ccc(S(N)(=O)=O)cc3)C2c2ccccc2)cc1C. The van der Waals surface area contributed by atoms with Crippen molar-refractivity contribution in [1.82, 2.24) is 0 Å². The molecule has 0 radical (unpaired) electrons. The van der Waals surface area contributed by atoms with Gasteiger partial charge >= 0.3 is 0 Å². The van der Waals surface area contributed by atoms with Crippen LogP contribution in [0.1, 0.15) is 28.3 Å². The van der Waals surface area contributed by atoms with E-state index in [2.05, 4.69) is 0 Å². The number of benzene rings is 3. The number of carbonyl (C=O) groups excluding carboxylic acids is 2. The lowest BCUT2D eigenvalue weighted by molar-refractivity contribution is -0.132. The van der Waals surface area contributed by atoms with Crippen LogP contribution in [0.2, 0.25) is 0 Å². The number of ketones is 1. The van der Waals surface area contributed by atoms with Crippen LogP contribution >= 0.6 is 0 Å². The zero-order chi connectivity index (χ0) is 23.9. The summed E-state index contributed by atoms with van der Waals surface area (Å²) in [6.07, 6.45) is 0.